The van der Waals surface area contributed by atoms with Gasteiger partial charge >= 0.3 is 0 Å². The van der Waals surface area contributed by atoms with Gasteiger partial charge in [-0.3, -0.25) is 23.7 Å². The van der Waals surface area contributed by atoms with Crippen LogP contribution in [-0.4, -0.2) is 30.8 Å². The summed E-state index contributed by atoms with van der Waals surface area (Å²) in [4.78, 5) is 34.3. The van der Waals surface area contributed by atoms with E-state index >= 15 is 4.39 Å². The van der Waals surface area contributed by atoms with Crippen molar-refractivity contribution in [2.24, 2.45) is 0 Å². The van der Waals surface area contributed by atoms with Crippen LogP contribution in [-0.2, 0) is 29.9 Å². The van der Waals surface area contributed by atoms with Crippen LogP contribution in [0.1, 0.15) is 39.1 Å². The van der Waals surface area contributed by atoms with Crippen LogP contribution >= 0.6 is 11.6 Å². The predicted octanol–water partition coefficient (Wildman–Crippen LogP) is 3.73. The quantitative estimate of drug-likeness (QED) is 0.386. The third kappa shape index (κ3) is 5.01. The lowest BCUT2D eigenvalue weighted by molar-refractivity contribution is 0.0767. The van der Waals surface area contributed by atoms with Crippen LogP contribution in [0.2, 0.25) is 5.02 Å². The van der Waals surface area contributed by atoms with Crippen LogP contribution in [0.15, 0.2) is 52.4 Å². The molecule has 0 fully saturated rings. The third-order valence-electron chi connectivity index (χ3n) is 6.13. The van der Waals surface area contributed by atoms with Crippen LogP contribution in [0.25, 0.3) is 11.5 Å². The highest BCUT2D eigenvalue weighted by atomic mass is 35.5. The summed E-state index contributed by atoms with van der Waals surface area (Å²) in [6.07, 6.45) is 3.10. The number of aliphatic hydroxyl groups is 1. The first kappa shape index (κ1) is 25.0. The molecule has 0 amide bonds. The van der Waals surface area contributed by atoms with Crippen molar-refractivity contribution in [1.29, 1.82) is 0 Å². The van der Waals surface area contributed by atoms with Gasteiger partial charge in [0, 0.05) is 47.8 Å². The average molecular weight is 577 g/mol. The van der Waals surface area contributed by atoms with E-state index in [4.69, 9.17) is 23.8 Å². The van der Waals surface area contributed by atoms with Gasteiger partial charge in [0.15, 0.2) is 17.5 Å². The number of aromatic nitrogens is 4. The van der Waals surface area contributed by atoms with Gasteiger partial charge in [-0.15, -0.1) is 0 Å². The Hall–Kier alpha value is -4.00. The fourth-order valence-corrected chi connectivity index (χ4v) is 4.39. The number of hydrogen-bond acceptors (Lipinski definition) is 7. The monoisotopic (exact) mass is 576 g/mol. The molecule has 4 aromatic rings. The molecule has 0 aliphatic carbocycles. The van der Waals surface area contributed by atoms with E-state index in [9.17, 15) is 23.5 Å². The molecule has 4 aromatic heterocycles. The number of ether oxygens (including phenoxy) is 2. The van der Waals surface area contributed by atoms with Crippen LogP contribution in [0.5, 0.6) is 5.75 Å². The van der Waals surface area contributed by atoms with E-state index in [-0.39, 0.29) is 42.1 Å². The highest BCUT2D eigenvalue weighted by molar-refractivity contribution is 6.31. The number of fused-ring (bicyclic) bond motifs is 3. The number of pyridine rings is 4. The molecule has 5 heterocycles. The first-order valence-corrected chi connectivity index (χ1v) is 12.2. The first-order chi connectivity index (χ1) is 19.7. The minimum absolute atomic E-state index is 0.0135. The number of hydrogen-bond donors (Lipinski definition) is 1. The van der Waals surface area contributed by atoms with Crippen molar-refractivity contribution in [3.05, 3.63) is 109 Å². The molecule has 40 heavy (non-hydrogen) atoms. The fraction of sp³-hybridized carbons (Fsp3) is 0.259. The molecule has 5 rings (SSSR count). The summed E-state index contributed by atoms with van der Waals surface area (Å²) in [7, 11) is 0. The van der Waals surface area contributed by atoms with Crippen LogP contribution < -0.4 is 15.9 Å². The van der Waals surface area contributed by atoms with Crippen molar-refractivity contribution in [2.75, 3.05) is 6.61 Å². The Morgan fingerprint density at radius 2 is 1.98 bits per heavy atom. The van der Waals surface area contributed by atoms with E-state index in [1.165, 1.54) is 44.4 Å². The Morgan fingerprint density at radius 1 is 1.20 bits per heavy atom. The molecule has 1 aliphatic heterocycles. The minimum Gasteiger partial charge on any atom is -0.485 e. The summed E-state index contributed by atoms with van der Waals surface area (Å²) in [5.41, 5.74) is -4.30. The summed E-state index contributed by atoms with van der Waals surface area (Å²) in [5.74, 6) is -4.40. The smallest absolute Gasteiger partial charge is 0.278 e. The summed E-state index contributed by atoms with van der Waals surface area (Å²) in [6, 6.07) is 4.42. The second-order valence-corrected chi connectivity index (χ2v) is 9.75. The molecule has 0 spiro atoms. The highest BCUT2D eigenvalue weighted by Gasteiger charge is 2.27. The maximum atomic E-state index is 16.3. The summed E-state index contributed by atoms with van der Waals surface area (Å²) in [5, 5.41) is 9.72. The largest absolute Gasteiger partial charge is 0.485 e. The van der Waals surface area contributed by atoms with E-state index in [0.717, 1.165) is 9.13 Å². The Balaban J connectivity index is 1.68. The maximum absolute atomic E-state index is 16.3. The topological polar surface area (TPSA) is 108 Å². The predicted molar refractivity (Wildman–Crippen MR) is 137 cm³/mol. The van der Waals surface area contributed by atoms with Gasteiger partial charge in [0.2, 0.25) is 0 Å². The van der Waals surface area contributed by atoms with Crippen molar-refractivity contribution in [3.8, 4) is 17.3 Å². The number of nitrogens with zero attached hydrogens (tertiary/aromatic N) is 4. The van der Waals surface area contributed by atoms with Crippen molar-refractivity contribution in [1.82, 2.24) is 19.1 Å². The Bertz CT molecular complexity index is 1840. The van der Waals surface area contributed by atoms with Crippen LogP contribution in [0.4, 0.5) is 13.2 Å². The van der Waals surface area contributed by atoms with Gasteiger partial charge in [0.05, 0.1) is 33.4 Å². The van der Waals surface area contributed by atoms with E-state index in [2.05, 4.69) is 9.97 Å². The lowest BCUT2D eigenvalue weighted by Gasteiger charge is -2.23. The Kier molecular flexibility index (Phi) is 6.58. The van der Waals surface area contributed by atoms with E-state index < -0.39 is 63.0 Å². The van der Waals surface area contributed by atoms with Crippen molar-refractivity contribution >= 4 is 11.6 Å². The van der Waals surface area contributed by atoms with Crippen LogP contribution in [0, 0.1) is 17.5 Å². The normalized spacial score (nSPS) is 14.4. The SMILES string of the molecule is [2H]C([2H])(Oc1cc2n(c(=O)c1Cl)-c1c(cnc(-n3cccc(C(C)(C)O)c3=O)c1F)COCC2)c1ncc(F)cc1F. The molecule has 0 bridgehead atoms. The summed E-state index contributed by atoms with van der Waals surface area (Å²) in [6.45, 7) is -0.278. The van der Waals surface area contributed by atoms with Crippen molar-refractivity contribution < 1.29 is 30.5 Å². The highest BCUT2D eigenvalue weighted by Crippen LogP contribution is 2.30. The zero-order valence-electron chi connectivity index (χ0n) is 23.0. The molecule has 0 aromatic carbocycles. The molecule has 0 atom stereocenters. The van der Waals surface area contributed by atoms with Gasteiger partial charge < -0.3 is 14.6 Å². The van der Waals surface area contributed by atoms with E-state index in [0.29, 0.717) is 12.3 Å². The molecule has 9 nitrogen and oxygen atoms in total. The average Bonchev–Trinajstić information content (AvgIpc) is 2.88. The first-order valence-electron chi connectivity index (χ1n) is 12.9. The molecule has 1 aliphatic rings. The van der Waals surface area contributed by atoms with Crippen molar-refractivity contribution in [2.45, 2.75) is 39.0 Å². The van der Waals surface area contributed by atoms with Gasteiger partial charge in [0.1, 0.15) is 28.8 Å². The van der Waals surface area contributed by atoms with Crippen LogP contribution in [0.3, 0.4) is 0 Å². The molecule has 0 unspecified atom stereocenters. The maximum Gasteiger partial charge on any atom is 0.278 e. The molecule has 208 valence electrons. The zero-order chi connectivity index (χ0) is 30.6. The lowest BCUT2D eigenvalue weighted by atomic mass is 10.0. The number of rotatable bonds is 5. The van der Waals surface area contributed by atoms with Gasteiger partial charge in [-0.1, -0.05) is 11.6 Å². The van der Waals surface area contributed by atoms with Gasteiger partial charge in [-0.05, 0) is 26.0 Å². The van der Waals surface area contributed by atoms with Gasteiger partial charge in [-0.25, -0.2) is 18.2 Å². The molecule has 0 saturated carbocycles. The minimum atomic E-state index is -2.99. The fourth-order valence-electron chi connectivity index (χ4n) is 4.21. The number of halogens is 4. The summed E-state index contributed by atoms with van der Waals surface area (Å²) >= 11 is 6.30. The molecular formula is C27H22ClF3N4O5. The zero-order valence-corrected chi connectivity index (χ0v) is 21.8. The van der Waals surface area contributed by atoms with Gasteiger partial charge in [0.25, 0.3) is 11.1 Å². The van der Waals surface area contributed by atoms with E-state index in [1.807, 2.05) is 0 Å². The lowest BCUT2D eigenvalue weighted by Crippen LogP contribution is -2.32. The van der Waals surface area contributed by atoms with Crippen molar-refractivity contribution in [3.63, 3.8) is 0 Å². The van der Waals surface area contributed by atoms with E-state index in [1.54, 1.807) is 0 Å². The molecule has 13 heteroatoms. The summed E-state index contributed by atoms with van der Waals surface area (Å²) < 4.78 is 72.9. The standard InChI is InChI=1S/C27H22ClF3N4O5/c1-27(2,38)17-4-3-6-34(25(17)36)24-22(31)23-14(10-33-24)12-39-7-5-16-9-20(21(28)26(37)35(16)23)40-13-19-18(30)8-15(29)11-32-19/h3-4,6,8-11,38H,5,7,12-13H2,1-2H3/i13D2. The second-order valence-electron chi connectivity index (χ2n) is 9.37. The Labute approximate surface area is 232 Å². The van der Waals surface area contributed by atoms with Gasteiger partial charge in [-0.2, -0.15) is 0 Å². The molecular weight excluding hydrogens is 553 g/mol. The Morgan fingerprint density at radius 3 is 2.70 bits per heavy atom. The molecule has 1 N–H and O–H groups in total. The second kappa shape index (κ2) is 10.5. The molecule has 0 saturated heterocycles. The molecule has 0 radical (unpaired) electrons. The third-order valence-corrected chi connectivity index (χ3v) is 6.47.